The summed E-state index contributed by atoms with van der Waals surface area (Å²) >= 11 is 9.27. The van der Waals surface area contributed by atoms with E-state index < -0.39 is 0 Å². The van der Waals surface area contributed by atoms with Crippen LogP contribution in [0.5, 0.6) is 0 Å². The van der Waals surface area contributed by atoms with Crippen molar-refractivity contribution in [2.75, 3.05) is 0 Å². The fourth-order valence-corrected chi connectivity index (χ4v) is 2.10. The molecule has 0 aliphatic carbocycles. The van der Waals surface area contributed by atoms with Crippen molar-refractivity contribution in [3.8, 4) is 5.69 Å². The van der Waals surface area contributed by atoms with E-state index in [1.807, 2.05) is 6.07 Å². The molecule has 0 saturated heterocycles. The number of benzene rings is 1. The molecule has 2 aromatic rings. The molecule has 2 N–H and O–H groups in total. The Hall–Kier alpha value is -0.910. The second-order valence-electron chi connectivity index (χ2n) is 2.94. The molecule has 15 heavy (non-hydrogen) atoms. The molecule has 0 aliphatic rings. The number of hydrogen-bond acceptors (Lipinski definition) is 3. The Morgan fingerprint density at radius 3 is 2.93 bits per heavy atom. The van der Waals surface area contributed by atoms with Crippen LogP contribution in [0, 0.1) is 0 Å². The minimum absolute atomic E-state index is 0.391. The molecule has 1 aromatic carbocycles. The molecular formula is C9H8BrClN4. The first-order chi connectivity index (χ1) is 7.22. The van der Waals surface area contributed by atoms with Crippen LogP contribution in [-0.4, -0.2) is 15.0 Å². The maximum absolute atomic E-state index is 5.85. The van der Waals surface area contributed by atoms with E-state index in [2.05, 4.69) is 26.2 Å². The number of hydrogen-bond donors (Lipinski definition) is 1. The number of aromatic nitrogens is 3. The van der Waals surface area contributed by atoms with Crippen molar-refractivity contribution in [1.82, 2.24) is 15.0 Å². The minimum Gasteiger partial charge on any atom is -0.325 e. The van der Waals surface area contributed by atoms with Crippen molar-refractivity contribution >= 4 is 27.5 Å². The van der Waals surface area contributed by atoms with Crippen LogP contribution in [-0.2, 0) is 6.54 Å². The third kappa shape index (κ3) is 2.04. The Labute approximate surface area is 100 Å². The number of nitrogens with two attached hydrogens (primary N) is 1. The predicted octanol–water partition coefficient (Wildman–Crippen LogP) is 2.14. The van der Waals surface area contributed by atoms with Gasteiger partial charge in [0.25, 0.3) is 0 Å². The topological polar surface area (TPSA) is 56.7 Å². The Morgan fingerprint density at radius 2 is 2.27 bits per heavy atom. The summed E-state index contributed by atoms with van der Waals surface area (Å²) in [5.41, 5.74) is 7.29. The fraction of sp³-hybridized carbons (Fsp3) is 0.111. The van der Waals surface area contributed by atoms with E-state index in [-0.39, 0.29) is 0 Å². The van der Waals surface area contributed by atoms with Gasteiger partial charge in [0, 0.05) is 16.0 Å². The summed E-state index contributed by atoms with van der Waals surface area (Å²) in [7, 11) is 0. The van der Waals surface area contributed by atoms with Crippen LogP contribution in [0.3, 0.4) is 0 Å². The minimum atomic E-state index is 0.391. The van der Waals surface area contributed by atoms with Crippen LogP contribution in [0.25, 0.3) is 5.69 Å². The Bertz CT molecular complexity index is 483. The SMILES string of the molecule is NCc1cnnn1-c1ccc(Cl)cc1Br. The van der Waals surface area contributed by atoms with Gasteiger partial charge in [-0.05, 0) is 34.1 Å². The zero-order valence-electron chi connectivity index (χ0n) is 7.69. The lowest BCUT2D eigenvalue weighted by molar-refractivity contribution is 0.759. The van der Waals surface area contributed by atoms with Crippen molar-refractivity contribution in [2.24, 2.45) is 5.73 Å². The molecule has 2 rings (SSSR count). The van der Waals surface area contributed by atoms with Gasteiger partial charge in [0.15, 0.2) is 0 Å². The molecule has 1 heterocycles. The molecule has 1 aromatic heterocycles. The molecule has 0 saturated carbocycles. The molecular weight excluding hydrogens is 279 g/mol. The molecule has 0 spiro atoms. The van der Waals surface area contributed by atoms with Crippen molar-refractivity contribution in [2.45, 2.75) is 6.54 Å². The normalized spacial score (nSPS) is 10.6. The third-order valence-corrected chi connectivity index (χ3v) is 2.84. The molecule has 4 nitrogen and oxygen atoms in total. The van der Waals surface area contributed by atoms with Crippen molar-refractivity contribution in [1.29, 1.82) is 0 Å². The third-order valence-electron chi connectivity index (χ3n) is 1.97. The lowest BCUT2D eigenvalue weighted by Crippen LogP contribution is -2.07. The van der Waals surface area contributed by atoms with Gasteiger partial charge in [-0.3, -0.25) is 0 Å². The van der Waals surface area contributed by atoms with Gasteiger partial charge in [0.2, 0.25) is 0 Å². The van der Waals surface area contributed by atoms with E-state index in [0.717, 1.165) is 15.9 Å². The average Bonchev–Trinajstić information content (AvgIpc) is 2.65. The van der Waals surface area contributed by atoms with Gasteiger partial charge in [0.05, 0.1) is 17.6 Å². The summed E-state index contributed by atoms with van der Waals surface area (Å²) < 4.78 is 2.54. The summed E-state index contributed by atoms with van der Waals surface area (Å²) in [6, 6.07) is 5.46. The Balaban J connectivity index is 2.54. The van der Waals surface area contributed by atoms with Crippen LogP contribution in [0.2, 0.25) is 5.02 Å². The van der Waals surface area contributed by atoms with E-state index in [9.17, 15) is 0 Å². The summed E-state index contributed by atoms with van der Waals surface area (Å²) in [6.07, 6.45) is 1.64. The lowest BCUT2D eigenvalue weighted by Gasteiger charge is -2.06. The monoisotopic (exact) mass is 286 g/mol. The average molecular weight is 288 g/mol. The van der Waals surface area contributed by atoms with Crippen molar-refractivity contribution < 1.29 is 0 Å². The summed E-state index contributed by atoms with van der Waals surface area (Å²) in [5, 5.41) is 8.44. The Kier molecular flexibility index (Phi) is 3.04. The molecule has 0 atom stereocenters. The van der Waals surface area contributed by atoms with E-state index in [4.69, 9.17) is 17.3 Å². The second kappa shape index (κ2) is 4.30. The zero-order valence-corrected chi connectivity index (χ0v) is 10.0. The number of rotatable bonds is 2. The van der Waals surface area contributed by atoms with E-state index in [1.54, 1.807) is 23.0 Å². The first kappa shape index (κ1) is 10.6. The molecule has 0 bridgehead atoms. The quantitative estimate of drug-likeness (QED) is 0.920. The largest absolute Gasteiger partial charge is 0.325 e. The smallest absolute Gasteiger partial charge is 0.0810 e. The highest BCUT2D eigenvalue weighted by Gasteiger charge is 2.08. The maximum Gasteiger partial charge on any atom is 0.0810 e. The van der Waals surface area contributed by atoms with Crippen LogP contribution in [0.1, 0.15) is 5.69 Å². The predicted molar refractivity (Wildman–Crippen MR) is 62.0 cm³/mol. The second-order valence-corrected chi connectivity index (χ2v) is 4.23. The fourth-order valence-electron chi connectivity index (χ4n) is 1.25. The van der Waals surface area contributed by atoms with E-state index in [1.165, 1.54) is 0 Å². The van der Waals surface area contributed by atoms with Gasteiger partial charge in [-0.25, -0.2) is 4.68 Å². The highest BCUT2D eigenvalue weighted by molar-refractivity contribution is 9.10. The molecule has 0 radical (unpaired) electrons. The first-order valence-corrected chi connectivity index (χ1v) is 5.44. The Morgan fingerprint density at radius 1 is 1.47 bits per heavy atom. The molecule has 0 fully saturated rings. The van der Waals surface area contributed by atoms with Crippen LogP contribution < -0.4 is 5.73 Å². The molecule has 0 amide bonds. The maximum atomic E-state index is 5.85. The highest BCUT2D eigenvalue weighted by atomic mass is 79.9. The standard InChI is InChI=1S/C9H8BrClN4/c10-8-3-6(11)1-2-9(8)15-7(4-12)5-13-14-15/h1-3,5H,4,12H2. The zero-order chi connectivity index (χ0) is 10.8. The first-order valence-electron chi connectivity index (χ1n) is 4.27. The summed E-state index contributed by atoms with van der Waals surface area (Å²) in [6.45, 7) is 0.391. The molecule has 0 aliphatic heterocycles. The molecule has 0 unspecified atom stereocenters. The van der Waals surface area contributed by atoms with E-state index in [0.29, 0.717) is 11.6 Å². The van der Waals surface area contributed by atoms with Crippen molar-refractivity contribution in [3.05, 3.63) is 39.6 Å². The number of halogens is 2. The van der Waals surface area contributed by atoms with Gasteiger partial charge in [0.1, 0.15) is 0 Å². The van der Waals surface area contributed by atoms with Crippen LogP contribution in [0.15, 0.2) is 28.9 Å². The van der Waals surface area contributed by atoms with Gasteiger partial charge in [-0.1, -0.05) is 16.8 Å². The van der Waals surface area contributed by atoms with Gasteiger partial charge >= 0.3 is 0 Å². The lowest BCUT2D eigenvalue weighted by atomic mass is 10.3. The van der Waals surface area contributed by atoms with Gasteiger partial charge in [-0.15, -0.1) is 5.10 Å². The van der Waals surface area contributed by atoms with E-state index >= 15 is 0 Å². The van der Waals surface area contributed by atoms with Gasteiger partial charge < -0.3 is 5.73 Å². The molecule has 78 valence electrons. The van der Waals surface area contributed by atoms with Gasteiger partial charge in [-0.2, -0.15) is 0 Å². The van der Waals surface area contributed by atoms with Crippen LogP contribution in [0.4, 0.5) is 0 Å². The molecule has 6 heteroatoms. The summed E-state index contributed by atoms with van der Waals surface area (Å²) in [4.78, 5) is 0. The number of nitrogens with zero attached hydrogens (tertiary/aromatic N) is 3. The highest BCUT2D eigenvalue weighted by Crippen LogP contribution is 2.24. The summed E-state index contributed by atoms with van der Waals surface area (Å²) in [5.74, 6) is 0. The van der Waals surface area contributed by atoms with Crippen molar-refractivity contribution in [3.63, 3.8) is 0 Å². The van der Waals surface area contributed by atoms with Crippen LogP contribution >= 0.6 is 27.5 Å².